The number of hydrogen-bond acceptors (Lipinski definition) is 10. The van der Waals surface area contributed by atoms with Crippen molar-refractivity contribution in [1.29, 1.82) is 0 Å². The van der Waals surface area contributed by atoms with E-state index in [1.54, 1.807) is 44.8 Å². The van der Waals surface area contributed by atoms with Gasteiger partial charge in [-0.3, -0.25) is 28.3 Å². The molecule has 0 aliphatic carbocycles. The Bertz CT molecular complexity index is 3440. The zero-order valence-corrected chi connectivity index (χ0v) is 37.7. The van der Waals surface area contributed by atoms with E-state index in [9.17, 15) is 19.2 Å². The third kappa shape index (κ3) is 7.71. The molecule has 5 aromatic heterocycles. The molecule has 17 heteroatoms. The normalized spacial score (nSPS) is 18.0. The van der Waals surface area contributed by atoms with Crippen LogP contribution in [0, 0.1) is 5.92 Å². The van der Waals surface area contributed by atoms with Gasteiger partial charge in [-0.05, 0) is 88.7 Å². The molecule has 0 bridgehead atoms. The fourth-order valence-corrected chi connectivity index (χ4v) is 9.92. The molecule has 16 nitrogen and oxygen atoms in total. The van der Waals surface area contributed by atoms with Crippen molar-refractivity contribution in [2.45, 2.75) is 63.7 Å². The average molecular weight is 901 g/mol. The lowest BCUT2D eigenvalue weighted by Crippen LogP contribution is -2.48. The molecular weight excluding hydrogens is 853 g/mol. The summed E-state index contributed by atoms with van der Waals surface area (Å²) in [5.41, 5.74) is 5.64. The highest BCUT2D eigenvalue weighted by Gasteiger charge is 2.38. The number of para-hydroxylation sites is 3. The maximum atomic E-state index is 13.9. The number of fused-ring (bicyclic) bond motifs is 6. The molecule has 0 saturated heterocycles. The number of benzene rings is 4. The first kappa shape index (κ1) is 42.5. The second kappa shape index (κ2) is 17.5. The molecule has 4 aromatic carbocycles. The number of amides is 2. The third-order valence-electron chi connectivity index (χ3n) is 12.6. The van der Waals surface area contributed by atoms with E-state index in [-0.39, 0.29) is 35.0 Å². The van der Waals surface area contributed by atoms with Crippen LogP contribution >= 0.6 is 11.8 Å². The Hall–Kier alpha value is -7.40. The fraction of sp³-hybridized carbons (Fsp3) is 0.286. The van der Waals surface area contributed by atoms with Crippen molar-refractivity contribution < 1.29 is 9.59 Å². The number of nitrogens with one attached hydrogen (secondary N) is 4. The van der Waals surface area contributed by atoms with Crippen molar-refractivity contribution in [3.05, 3.63) is 147 Å². The molecule has 4 N–H and O–H groups in total. The van der Waals surface area contributed by atoms with Gasteiger partial charge in [0.2, 0.25) is 11.8 Å². The Kier molecular flexibility index (Phi) is 11.3. The van der Waals surface area contributed by atoms with E-state index in [0.717, 1.165) is 50.7 Å². The standard InChI is InChI=1S/C26H26N8O2.C23H22N4O2S/c1-14(2)10-21-24-28-20-11-15(23-30-31-32-33(23)3)8-9-18(20)26(36)34(24)22(25(35)29-21)12-16-13-27-19-7-5-4-6-17(16)19;1-30-11-10-19-21-25-18-9-5-3-7-16(18)23(29)27(21)20(22(28)26-19)12-14-13-24-17-8-4-2-6-15(14)17/h4-9,11,13-14,21-22,27H,10,12H2,1-3H3,(H,29,35);2-9,13,19-20,24H,10-12H2,1H3,(H,26,28)/t21-,22+;19-,20+/m00/s1. The molecule has 0 radical (unpaired) electrons. The lowest BCUT2D eigenvalue weighted by atomic mass is 9.96. The maximum Gasteiger partial charge on any atom is 0.262 e. The van der Waals surface area contributed by atoms with Gasteiger partial charge in [-0.1, -0.05) is 68.4 Å². The maximum absolute atomic E-state index is 13.9. The number of hydrogen-bond donors (Lipinski definition) is 4. The van der Waals surface area contributed by atoms with Gasteiger partial charge in [0.25, 0.3) is 11.1 Å². The van der Waals surface area contributed by atoms with Gasteiger partial charge < -0.3 is 20.6 Å². The van der Waals surface area contributed by atoms with Gasteiger partial charge in [-0.25, -0.2) is 14.6 Å². The number of aryl methyl sites for hydroxylation is 1. The molecule has 66 heavy (non-hydrogen) atoms. The van der Waals surface area contributed by atoms with Crippen LogP contribution in [0.1, 0.15) is 73.6 Å². The number of thioether (sulfide) groups is 1. The summed E-state index contributed by atoms with van der Waals surface area (Å²) in [7, 11) is 1.76. The van der Waals surface area contributed by atoms with Crippen molar-refractivity contribution in [3.8, 4) is 11.4 Å². The summed E-state index contributed by atoms with van der Waals surface area (Å²) in [5, 5.41) is 21.1. The minimum atomic E-state index is -0.699. The molecule has 2 aliphatic heterocycles. The average Bonchev–Trinajstić information content (AvgIpc) is 4.06. The van der Waals surface area contributed by atoms with Gasteiger partial charge >= 0.3 is 0 Å². The van der Waals surface area contributed by atoms with Crippen molar-refractivity contribution >= 4 is 67.2 Å². The predicted molar refractivity (Wildman–Crippen MR) is 256 cm³/mol. The van der Waals surface area contributed by atoms with Crippen LogP contribution in [-0.2, 0) is 29.5 Å². The van der Waals surface area contributed by atoms with Crippen LogP contribution in [0.3, 0.4) is 0 Å². The topological polar surface area (TPSA) is 203 Å². The number of aromatic nitrogens is 10. The van der Waals surface area contributed by atoms with Gasteiger partial charge in [0.05, 0.1) is 33.9 Å². The lowest BCUT2D eigenvalue weighted by Gasteiger charge is -2.33. The lowest BCUT2D eigenvalue weighted by molar-refractivity contribution is -0.127. The highest BCUT2D eigenvalue weighted by Crippen LogP contribution is 2.33. The van der Waals surface area contributed by atoms with Crippen LogP contribution < -0.4 is 21.8 Å². The quantitative estimate of drug-likeness (QED) is 0.115. The van der Waals surface area contributed by atoms with Crippen LogP contribution in [0.25, 0.3) is 55.0 Å². The van der Waals surface area contributed by atoms with Gasteiger partial charge in [0.1, 0.15) is 23.7 Å². The van der Waals surface area contributed by atoms with E-state index >= 15 is 0 Å². The summed E-state index contributed by atoms with van der Waals surface area (Å²) < 4.78 is 4.82. The zero-order chi connectivity index (χ0) is 45.6. The van der Waals surface area contributed by atoms with Crippen molar-refractivity contribution in [3.63, 3.8) is 0 Å². The summed E-state index contributed by atoms with van der Waals surface area (Å²) in [6.45, 7) is 4.18. The summed E-state index contributed by atoms with van der Waals surface area (Å²) in [6, 6.07) is 26.8. The number of carbonyl (C=O) groups is 2. The molecule has 11 rings (SSSR count). The first-order chi connectivity index (χ1) is 32.1. The Morgan fingerprint density at radius 3 is 1.80 bits per heavy atom. The minimum absolute atomic E-state index is 0.127. The van der Waals surface area contributed by atoms with E-state index in [4.69, 9.17) is 9.97 Å². The highest BCUT2D eigenvalue weighted by atomic mass is 32.2. The number of rotatable bonds is 10. The Morgan fingerprint density at radius 1 is 0.667 bits per heavy atom. The highest BCUT2D eigenvalue weighted by molar-refractivity contribution is 7.98. The molecule has 0 fully saturated rings. The van der Waals surface area contributed by atoms with Gasteiger partial charge in [0.15, 0.2) is 5.82 Å². The number of H-pyrrole nitrogens is 2. The Balaban J connectivity index is 0.000000158. The number of aromatic amines is 2. The van der Waals surface area contributed by atoms with Crippen LogP contribution in [0.5, 0.6) is 0 Å². The minimum Gasteiger partial charge on any atom is -0.361 e. The largest absolute Gasteiger partial charge is 0.361 e. The summed E-state index contributed by atoms with van der Waals surface area (Å²) in [5.74, 6) is 2.71. The first-order valence-corrected chi connectivity index (χ1v) is 23.5. The first-order valence-electron chi connectivity index (χ1n) is 22.1. The SMILES string of the molecule is CC(C)C[C@@H]1NC(=O)[C@@H](Cc2c[nH]c3ccccc23)n2c1nc1cc(-c3nnnn3C)ccc1c2=O.CSCC[C@@H]1NC(=O)[C@@H](Cc2c[nH]c3ccccc23)n2c1nc1ccccc1c2=O. The van der Waals surface area contributed by atoms with Crippen molar-refractivity contribution in [2.75, 3.05) is 12.0 Å². The van der Waals surface area contributed by atoms with Crippen LogP contribution in [0.2, 0.25) is 0 Å². The smallest absolute Gasteiger partial charge is 0.262 e. The van der Waals surface area contributed by atoms with E-state index in [2.05, 4.69) is 50.0 Å². The molecule has 2 amide bonds. The Morgan fingerprint density at radius 2 is 1.21 bits per heavy atom. The molecule has 9 aromatic rings. The predicted octanol–water partition coefficient (Wildman–Crippen LogP) is 6.65. The molecule has 0 spiro atoms. The van der Waals surface area contributed by atoms with Crippen LogP contribution in [0.4, 0.5) is 0 Å². The number of nitrogens with zero attached hydrogens (tertiary/aromatic N) is 8. The van der Waals surface area contributed by atoms with Gasteiger partial charge in [-0.15, -0.1) is 5.10 Å². The van der Waals surface area contributed by atoms with Crippen molar-refractivity contribution in [1.82, 2.24) is 59.9 Å². The van der Waals surface area contributed by atoms with Crippen LogP contribution in [0.15, 0.2) is 113 Å². The zero-order valence-electron chi connectivity index (χ0n) is 36.9. The monoisotopic (exact) mass is 900 g/mol. The molecule has 0 saturated carbocycles. The van der Waals surface area contributed by atoms with Gasteiger partial charge in [-0.2, -0.15) is 11.8 Å². The summed E-state index contributed by atoms with van der Waals surface area (Å²) >= 11 is 1.71. The van der Waals surface area contributed by atoms with E-state index in [1.165, 1.54) is 0 Å². The fourth-order valence-electron chi connectivity index (χ4n) is 9.44. The molecular formula is C49H48N12O4S. The number of carbonyl (C=O) groups excluding carboxylic acids is 2. The molecule has 4 atom stereocenters. The van der Waals surface area contributed by atoms with Crippen molar-refractivity contribution in [2.24, 2.45) is 13.0 Å². The van der Waals surface area contributed by atoms with Gasteiger partial charge in [0, 0.05) is 59.7 Å². The summed E-state index contributed by atoms with van der Waals surface area (Å²) in [6.07, 6.45) is 8.10. The molecule has 334 valence electrons. The Labute approximate surface area is 382 Å². The second-order valence-electron chi connectivity index (χ2n) is 17.4. The van der Waals surface area contributed by atoms with E-state index in [1.807, 2.05) is 97.5 Å². The van der Waals surface area contributed by atoms with E-state index < -0.39 is 12.1 Å². The molecule has 7 heterocycles. The van der Waals surface area contributed by atoms with Crippen LogP contribution in [-0.4, -0.2) is 73.1 Å². The van der Waals surface area contributed by atoms with E-state index in [0.29, 0.717) is 64.5 Å². The number of tetrazole rings is 1. The molecule has 2 aliphatic rings. The summed E-state index contributed by atoms with van der Waals surface area (Å²) in [4.78, 5) is 70.3. The third-order valence-corrected chi connectivity index (χ3v) is 13.3. The molecule has 0 unspecified atom stereocenters. The second-order valence-corrected chi connectivity index (χ2v) is 18.3.